The molecule has 0 radical (unpaired) electrons. The highest BCUT2D eigenvalue weighted by Gasteiger charge is 2.00. The monoisotopic (exact) mass is 169 g/mol. The molecule has 0 spiro atoms. The van der Waals surface area contributed by atoms with Gasteiger partial charge in [-0.3, -0.25) is 0 Å². The van der Waals surface area contributed by atoms with Gasteiger partial charge in [0.05, 0.1) is 5.51 Å². The lowest BCUT2D eigenvalue weighted by Gasteiger charge is -1.80. The Morgan fingerprint density at radius 3 is 2.90 bits per heavy atom. The van der Waals surface area contributed by atoms with Crippen molar-refractivity contribution in [3.63, 3.8) is 0 Å². The van der Waals surface area contributed by atoms with E-state index >= 15 is 0 Å². The topological polar surface area (TPSA) is 38.7 Å². The fourth-order valence-electron chi connectivity index (χ4n) is 0.604. The zero-order valence-electron chi connectivity index (χ0n) is 4.89. The van der Waals surface area contributed by atoms with Crippen LogP contribution in [-0.4, -0.2) is 14.3 Å². The molecule has 0 N–H and O–H groups in total. The standard InChI is InChI=1S/C5H3N3S2/c1-4(7-3-9-1)5-6-2-8-10-5/h1-3H. The van der Waals surface area contributed by atoms with Gasteiger partial charge in [-0.15, -0.1) is 11.3 Å². The number of hydrogen-bond acceptors (Lipinski definition) is 5. The molecular weight excluding hydrogens is 166 g/mol. The van der Waals surface area contributed by atoms with Crippen molar-refractivity contribution >= 4 is 22.9 Å². The molecule has 0 aliphatic heterocycles. The first-order valence-electron chi connectivity index (χ1n) is 2.62. The minimum absolute atomic E-state index is 0.890. The number of thiazole rings is 1. The summed E-state index contributed by atoms with van der Waals surface area (Å²) in [7, 11) is 0. The molecule has 0 bridgehead atoms. The molecule has 3 nitrogen and oxygen atoms in total. The molecule has 2 aromatic rings. The van der Waals surface area contributed by atoms with Crippen molar-refractivity contribution in [2.75, 3.05) is 0 Å². The molecule has 0 aliphatic carbocycles. The van der Waals surface area contributed by atoms with Crippen LogP contribution in [0, 0.1) is 0 Å². The van der Waals surface area contributed by atoms with Crippen molar-refractivity contribution < 1.29 is 0 Å². The molecule has 0 unspecified atom stereocenters. The van der Waals surface area contributed by atoms with E-state index in [-0.39, 0.29) is 0 Å². The van der Waals surface area contributed by atoms with Gasteiger partial charge >= 0.3 is 0 Å². The van der Waals surface area contributed by atoms with Crippen LogP contribution in [0.25, 0.3) is 10.7 Å². The zero-order chi connectivity index (χ0) is 6.81. The van der Waals surface area contributed by atoms with Crippen LogP contribution in [0.4, 0.5) is 0 Å². The molecule has 0 saturated carbocycles. The van der Waals surface area contributed by atoms with E-state index in [4.69, 9.17) is 0 Å². The summed E-state index contributed by atoms with van der Waals surface area (Å²) >= 11 is 2.93. The summed E-state index contributed by atoms with van der Waals surface area (Å²) < 4.78 is 3.87. The van der Waals surface area contributed by atoms with Gasteiger partial charge in [0.2, 0.25) is 0 Å². The maximum atomic E-state index is 4.09. The Kier molecular flexibility index (Phi) is 1.44. The van der Waals surface area contributed by atoms with Crippen LogP contribution >= 0.6 is 22.9 Å². The smallest absolute Gasteiger partial charge is 0.162 e. The summed E-state index contributed by atoms with van der Waals surface area (Å²) in [5.74, 6) is 0. The molecule has 2 rings (SSSR count). The Morgan fingerprint density at radius 2 is 2.30 bits per heavy atom. The average Bonchev–Trinajstić information content (AvgIpc) is 2.59. The van der Waals surface area contributed by atoms with E-state index in [1.807, 2.05) is 5.38 Å². The molecule has 2 aromatic heterocycles. The van der Waals surface area contributed by atoms with Crippen LogP contribution in [0.5, 0.6) is 0 Å². The molecule has 10 heavy (non-hydrogen) atoms. The normalized spacial score (nSPS) is 10.0. The van der Waals surface area contributed by atoms with Crippen molar-refractivity contribution in [1.82, 2.24) is 14.3 Å². The van der Waals surface area contributed by atoms with Gasteiger partial charge in [-0.2, -0.15) is 4.37 Å². The average molecular weight is 169 g/mol. The molecule has 0 saturated heterocycles. The maximum Gasteiger partial charge on any atom is 0.162 e. The third kappa shape index (κ3) is 0.932. The Morgan fingerprint density at radius 1 is 1.30 bits per heavy atom. The quantitative estimate of drug-likeness (QED) is 0.651. The fourth-order valence-corrected chi connectivity index (χ4v) is 1.71. The predicted molar refractivity (Wildman–Crippen MR) is 41.0 cm³/mol. The SMILES string of the molecule is c1nsc(-c2cscn2)n1. The summed E-state index contributed by atoms with van der Waals surface area (Å²) in [5, 5.41) is 2.85. The van der Waals surface area contributed by atoms with Crippen LogP contribution in [0.2, 0.25) is 0 Å². The third-order valence-electron chi connectivity index (χ3n) is 1.01. The van der Waals surface area contributed by atoms with Gasteiger partial charge in [-0.1, -0.05) is 0 Å². The Bertz CT molecular complexity index is 254. The minimum atomic E-state index is 0.890. The first-order chi connectivity index (χ1) is 4.97. The van der Waals surface area contributed by atoms with Gasteiger partial charge in [0, 0.05) is 5.38 Å². The predicted octanol–water partition coefficient (Wildman–Crippen LogP) is 1.66. The Hall–Kier alpha value is -0.810. The zero-order valence-corrected chi connectivity index (χ0v) is 6.52. The molecule has 0 aliphatic rings. The molecule has 0 atom stereocenters. The lowest BCUT2D eigenvalue weighted by molar-refractivity contribution is 1.30. The van der Waals surface area contributed by atoms with Crippen molar-refractivity contribution in [3.8, 4) is 10.7 Å². The summed E-state index contributed by atoms with van der Waals surface area (Å²) in [5.41, 5.74) is 2.71. The second kappa shape index (κ2) is 2.43. The van der Waals surface area contributed by atoms with Crippen molar-refractivity contribution in [2.45, 2.75) is 0 Å². The van der Waals surface area contributed by atoms with Crippen LogP contribution in [0.15, 0.2) is 17.2 Å². The lowest BCUT2D eigenvalue weighted by atomic mass is 10.5. The van der Waals surface area contributed by atoms with Gasteiger partial charge in [-0.25, -0.2) is 9.97 Å². The van der Waals surface area contributed by atoms with Crippen molar-refractivity contribution in [2.24, 2.45) is 0 Å². The second-order valence-electron chi connectivity index (χ2n) is 1.62. The Labute approximate surface area is 65.6 Å². The van der Waals surface area contributed by atoms with E-state index in [0.717, 1.165) is 10.7 Å². The van der Waals surface area contributed by atoms with Crippen molar-refractivity contribution in [1.29, 1.82) is 0 Å². The molecule has 2 heterocycles. The van der Waals surface area contributed by atoms with E-state index in [0.29, 0.717) is 0 Å². The maximum absolute atomic E-state index is 4.09. The third-order valence-corrected chi connectivity index (χ3v) is 2.29. The summed E-state index contributed by atoms with van der Waals surface area (Å²) in [4.78, 5) is 8.10. The fraction of sp³-hybridized carbons (Fsp3) is 0. The van der Waals surface area contributed by atoms with Crippen LogP contribution in [0.3, 0.4) is 0 Å². The largest absolute Gasteiger partial charge is 0.242 e. The highest BCUT2D eigenvalue weighted by atomic mass is 32.1. The molecule has 0 aromatic carbocycles. The first-order valence-corrected chi connectivity index (χ1v) is 4.33. The molecule has 50 valence electrons. The van der Waals surface area contributed by atoms with E-state index in [2.05, 4.69) is 14.3 Å². The second-order valence-corrected chi connectivity index (χ2v) is 3.12. The molecule has 0 fully saturated rings. The molecule has 5 heteroatoms. The molecular formula is C5H3N3S2. The highest BCUT2D eigenvalue weighted by Crippen LogP contribution is 2.18. The van der Waals surface area contributed by atoms with Gasteiger partial charge in [0.25, 0.3) is 0 Å². The van der Waals surface area contributed by atoms with E-state index in [1.165, 1.54) is 11.5 Å². The number of aromatic nitrogens is 3. The van der Waals surface area contributed by atoms with E-state index in [9.17, 15) is 0 Å². The summed E-state index contributed by atoms with van der Waals surface area (Å²) in [6.07, 6.45) is 1.54. The first kappa shape index (κ1) is 5.94. The number of hydrogen-bond donors (Lipinski definition) is 0. The van der Waals surface area contributed by atoms with E-state index < -0.39 is 0 Å². The van der Waals surface area contributed by atoms with Crippen molar-refractivity contribution in [3.05, 3.63) is 17.2 Å². The van der Waals surface area contributed by atoms with E-state index in [1.54, 1.807) is 23.2 Å². The van der Waals surface area contributed by atoms with Crippen LogP contribution in [0.1, 0.15) is 0 Å². The summed E-state index contributed by atoms with van der Waals surface area (Å²) in [6, 6.07) is 0. The van der Waals surface area contributed by atoms with Crippen LogP contribution in [-0.2, 0) is 0 Å². The molecule has 0 amide bonds. The highest BCUT2D eigenvalue weighted by molar-refractivity contribution is 7.10. The Balaban J connectivity index is 2.48. The summed E-state index contributed by atoms with van der Waals surface area (Å²) in [6.45, 7) is 0. The van der Waals surface area contributed by atoms with Gasteiger partial charge in [0.1, 0.15) is 12.0 Å². The lowest BCUT2D eigenvalue weighted by Crippen LogP contribution is -1.70. The van der Waals surface area contributed by atoms with Gasteiger partial charge in [-0.05, 0) is 11.5 Å². The minimum Gasteiger partial charge on any atom is -0.242 e. The van der Waals surface area contributed by atoms with Crippen LogP contribution < -0.4 is 0 Å². The van der Waals surface area contributed by atoms with Gasteiger partial charge < -0.3 is 0 Å². The van der Waals surface area contributed by atoms with Gasteiger partial charge in [0.15, 0.2) is 5.01 Å². The number of rotatable bonds is 1. The number of nitrogens with zero attached hydrogens (tertiary/aromatic N) is 3.